The van der Waals surface area contributed by atoms with Gasteiger partial charge in [-0.05, 0) is 57.9 Å². The van der Waals surface area contributed by atoms with E-state index in [0.29, 0.717) is 12.2 Å². The Morgan fingerprint density at radius 1 is 1.11 bits per heavy atom. The Bertz CT molecular complexity index is 209. The van der Waals surface area contributed by atoms with E-state index in [0.717, 1.165) is 25.8 Å². The van der Waals surface area contributed by atoms with Crippen LogP contribution in [0.4, 0.5) is 0 Å². The topological polar surface area (TPSA) is 30.5 Å². The molecule has 0 radical (unpaired) electrons. The monoisotopic (exact) mass is 255 g/mol. The lowest BCUT2D eigenvalue weighted by Crippen LogP contribution is -2.36. The summed E-state index contributed by atoms with van der Waals surface area (Å²) in [6.07, 6.45) is 10.8. The highest BCUT2D eigenvalue weighted by molar-refractivity contribution is 4.78. The Labute approximate surface area is 112 Å². The molecule has 1 aliphatic carbocycles. The molecule has 1 N–H and O–H groups in total. The Hall–Kier alpha value is -0.120. The van der Waals surface area contributed by atoms with Crippen LogP contribution in [0.1, 0.15) is 58.3 Å². The van der Waals surface area contributed by atoms with Crippen LogP contribution in [0.2, 0.25) is 0 Å². The van der Waals surface area contributed by atoms with Crippen LogP contribution in [0.3, 0.4) is 0 Å². The first kappa shape index (κ1) is 14.3. The fourth-order valence-electron chi connectivity index (χ4n) is 2.96. The van der Waals surface area contributed by atoms with Gasteiger partial charge in [-0.15, -0.1) is 0 Å². The number of nitrogens with one attached hydrogen (secondary N) is 1. The van der Waals surface area contributed by atoms with Crippen LogP contribution in [0.5, 0.6) is 0 Å². The molecule has 2 fully saturated rings. The second-order valence-corrected chi connectivity index (χ2v) is 5.75. The number of hydrogen-bond acceptors (Lipinski definition) is 3. The van der Waals surface area contributed by atoms with Crippen LogP contribution in [0.15, 0.2) is 0 Å². The zero-order valence-corrected chi connectivity index (χ0v) is 11.8. The van der Waals surface area contributed by atoms with Crippen LogP contribution in [-0.2, 0) is 9.47 Å². The van der Waals surface area contributed by atoms with Crippen molar-refractivity contribution in [3.63, 3.8) is 0 Å². The first-order chi connectivity index (χ1) is 8.88. The van der Waals surface area contributed by atoms with Gasteiger partial charge < -0.3 is 14.8 Å². The van der Waals surface area contributed by atoms with Gasteiger partial charge in [-0.3, -0.25) is 0 Å². The average molecular weight is 255 g/mol. The smallest absolute Gasteiger partial charge is 0.0808 e. The van der Waals surface area contributed by atoms with E-state index in [-0.39, 0.29) is 0 Å². The third kappa shape index (κ3) is 4.87. The molecule has 0 aromatic carbocycles. The van der Waals surface area contributed by atoms with Crippen molar-refractivity contribution in [2.24, 2.45) is 0 Å². The summed E-state index contributed by atoms with van der Waals surface area (Å²) < 4.78 is 11.7. The second-order valence-electron chi connectivity index (χ2n) is 5.75. The fourth-order valence-corrected chi connectivity index (χ4v) is 2.96. The van der Waals surface area contributed by atoms with Crippen LogP contribution < -0.4 is 5.32 Å². The van der Waals surface area contributed by atoms with Gasteiger partial charge in [-0.25, -0.2) is 0 Å². The third-order valence-corrected chi connectivity index (χ3v) is 4.15. The maximum atomic E-state index is 6.02. The first-order valence-electron chi connectivity index (χ1n) is 7.85. The van der Waals surface area contributed by atoms with Gasteiger partial charge >= 0.3 is 0 Å². The van der Waals surface area contributed by atoms with Crippen LogP contribution in [0, 0.1) is 0 Å². The molecule has 0 aromatic heterocycles. The largest absolute Gasteiger partial charge is 0.376 e. The van der Waals surface area contributed by atoms with E-state index in [1.807, 2.05) is 0 Å². The van der Waals surface area contributed by atoms with E-state index < -0.39 is 0 Å². The molecule has 1 saturated heterocycles. The van der Waals surface area contributed by atoms with Crippen molar-refractivity contribution in [3.05, 3.63) is 0 Å². The molecule has 2 aliphatic rings. The zero-order valence-electron chi connectivity index (χ0n) is 11.8. The third-order valence-electron chi connectivity index (χ3n) is 4.15. The summed E-state index contributed by atoms with van der Waals surface area (Å²) in [5, 5.41) is 3.62. The van der Waals surface area contributed by atoms with E-state index in [9.17, 15) is 0 Å². The molecule has 3 heteroatoms. The van der Waals surface area contributed by atoms with Crippen molar-refractivity contribution in [2.45, 2.75) is 76.5 Å². The molecule has 3 nitrogen and oxygen atoms in total. The van der Waals surface area contributed by atoms with E-state index >= 15 is 0 Å². The predicted molar refractivity (Wildman–Crippen MR) is 73.9 cm³/mol. The second kappa shape index (κ2) is 8.13. The molecule has 1 atom stereocenters. The maximum absolute atomic E-state index is 6.02. The molecule has 1 unspecified atom stereocenters. The molecule has 0 aromatic rings. The molecule has 2 rings (SSSR count). The van der Waals surface area contributed by atoms with Crippen molar-refractivity contribution >= 4 is 0 Å². The lowest BCUT2D eigenvalue weighted by molar-refractivity contribution is -0.0713. The molecule has 1 heterocycles. The maximum Gasteiger partial charge on any atom is 0.0808 e. The molecule has 1 aliphatic heterocycles. The van der Waals surface area contributed by atoms with Crippen LogP contribution >= 0.6 is 0 Å². The highest BCUT2D eigenvalue weighted by atomic mass is 16.5. The van der Waals surface area contributed by atoms with Gasteiger partial charge in [0, 0.05) is 12.6 Å². The molecule has 106 valence electrons. The molecule has 0 spiro atoms. The minimum atomic E-state index is 0.370. The van der Waals surface area contributed by atoms with Crippen molar-refractivity contribution in [1.29, 1.82) is 0 Å². The van der Waals surface area contributed by atoms with Crippen molar-refractivity contribution in [1.82, 2.24) is 5.32 Å². The highest BCUT2D eigenvalue weighted by Crippen LogP contribution is 2.22. The molecule has 18 heavy (non-hydrogen) atoms. The average Bonchev–Trinajstić information content (AvgIpc) is 2.45. The van der Waals surface area contributed by atoms with Gasteiger partial charge in [-0.2, -0.15) is 0 Å². The Morgan fingerprint density at radius 2 is 1.94 bits per heavy atom. The number of hydrogen-bond donors (Lipinski definition) is 1. The van der Waals surface area contributed by atoms with Gasteiger partial charge in [0.2, 0.25) is 0 Å². The number of rotatable bonds is 6. The van der Waals surface area contributed by atoms with Crippen LogP contribution in [-0.4, -0.2) is 38.0 Å². The van der Waals surface area contributed by atoms with Crippen molar-refractivity contribution in [2.75, 3.05) is 19.8 Å². The Balaban J connectivity index is 1.55. The van der Waals surface area contributed by atoms with Gasteiger partial charge in [-0.1, -0.05) is 6.92 Å². The summed E-state index contributed by atoms with van der Waals surface area (Å²) >= 11 is 0. The normalized spacial score (nSPS) is 33.5. The van der Waals surface area contributed by atoms with Crippen molar-refractivity contribution in [3.8, 4) is 0 Å². The summed E-state index contributed by atoms with van der Waals surface area (Å²) in [5.74, 6) is 0. The molecular weight excluding hydrogens is 226 g/mol. The van der Waals surface area contributed by atoms with Gasteiger partial charge in [0.15, 0.2) is 0 Å². The summed E-state index contributed by atoms with van der Waals surface area (Å²) in [4.78, 5) is 0. The molecule has 0 amide bonds. The minimum absolute atomic E-state index is 0.370. The summed E-state index contributed by atoms with van der Waals surface area (Å²) in [7, 11) is 0. The van der Waals surface area contributed by atoms with Gasteiger partial charge in [0.05, 0.1) is 18.8 Å². The Morgan fingerprint density at radius 3 is 2.61 bits per heavy atom. The zero-order chi connectivity index (χ0) is 12.6. The van der Waals surface area contributed by atoms with E-state index in [4.69, 9.17) is 9.47 Å². The lowest BCUT2D eigenvalue weighted by Gasteiger charge is -2.31. The minimum Gasteiger partial charge on any atom is -0.376 e. The quantitative estimate of drug-likeness (QED) is 0.791. The lowest BCUT2D eigenvalue weighted by atomic mass is 9.93. The SMILES string of the molecule is CCCNC1CCC(OCC2CCCCO2)CC1. The Kier molecular flexibility index (Phi) is 6.46. The summed E-state index contributed by atoms with van der Waals surface area (Å²) in [5.41, 5.74) is 0. The predicted octanol–water partition coefficient (Wildman–Crippen LogP) is 2.88. The fraction of sp³-hybridized carbons (Fsp3) is 1.00. The highest BCUT2D eigenvalue weighted by Gasteiger charge is 2.22. The van der Waals surface area contributed by atoms with Gasteiger partial charge in [0.1, 0.15) is 0 Å². The van der Waals surface area contributed by atoms with Gasteiger partial charge in [0.25, 0.3) is 0 Å². The van der Waals surface area contributed by atoms with E-state index in [1.54, 1.807) is 0 Å². The molecule has 0 bridgehead atoms. The molecule has 1 saturated carbocycles. The summed E-state index contributed by atoms with van der Waals surface area (Å²) in [6.45, 7) is 5.14. The van der Waals surface area contributed by atoms with Crippen LogP contribution in [0.25, 0.3) is 0 Å². The standard InChI is InChI=1S/C15H29NO2/c1-2-10-16-13-6-8-14(9-7-13)18-12-15-5-3-4-11-17-15/h13-16H,2-12H2,1H3. The summed E-state index contributed by atoms with van der Waals surface area (Å²) in [6, 6.07) is 0.732. The van der Waals surface area contributed by atoms with E-state index in [1.165, 1.54) is 51.4 Å². The number of ether oxygens (including phenoxy) is 2. The van der Waals surface area contributed by atoms with Crippen molar-refractivity contribution < 1.29 is 9.47 Å². The first-order valence-corrected chi connectivity index (χ1v) is 7.85. The molecular formula is C15H29NO2. The van der Waals surface area contributed by atoms with E-state index in [2.05, 4.69) is 12.2 Å².